The summed E-state index contributed by atoms with van der Waals surface area (Å²) in [6.45, 7) is 4.36. The Bertz CT molecular complexity index is 6240. The molecule has 0 saturated heterocycles. The Balaban J connectivity index is 0.000000128. The molecule has 408 valence electrons. The van der Waals surface area contributed by atoms with Crippen LogP contribution in [0.4, 0.5) is 0 Å². The highest BCUT2D eigenvalue weighted by Gasteiger charge is 2.21. The van der Waals surface area contributed by atoms with E-state index in [2.05, 4.69) is 277 Å². The highest BCUT2D eigenvalue weighted by molar-refractivity contribution is 6.27. The van der Waals surface area contributed by atoms with Crippen molar-refractivity contribution < 1.29 is 0 Å². The Morgan fingerprint density at radius 2 is 0.557 bits per heavy atom. The monoisotopic (exact) mass is 1120 g/mol. The molecule has 0 saturated carbocycles. The highest BCUT2D eigenvalue weighted by atomic mass is 14.9. The topological polar surface area (TPSA) is 60.4 Å². The number of nitrogens with zero attached hydrogens (tertiary/aromatic N) is 6. The number of rotatable bonds is 4. The second kappa shape index (κ2) is 18.5. The van der Waals surface area contributed by atoms with Crippen LogP contribution in [0.1, 0.15) is 11.1 Å². The third-order valence-electron chi connectivity index (χ3n) is 18.8. The lowest BCUT2D eigenvalue weighted by Crippen LogP contribution is -1.92. The molecule has 0 aliphatic rings. The zero-order valence-electron chi connectivity index (χ0n) is 48.1. The molecule has 0 fully saturated rings. The number of fused-ring (bicyclic) bond motifs is 24. The molecule has 6 aromatic heterocycles. The van der Waals surface area contributed by atoms with Gasteiger partial charge in [0.05, 0.1) is 78.9 Å². The van der Waals surface area contributed by atoms with Gasteiger partial charge in [-0.05, 0) is 118 Å². The minimum atomic E-state index is 0.881. The normalized spacial score (nSPS) is 12.2. The smallest absolute Gasteiger partial charge is 0.0979 e. The maximum atomic E-state index is 5.18. The van der Waals surface area contributed by atoms with E-state index in [1.165, 1.54) is 131 Å². The van der Waals surface area contributed by atoms with E-state index in [0.29, 0.717) is 0 Å². The Hall–Kier alpha value is -11.6. The first-order valence-electron chi connectivity index (χ1n) is 30.2. The average Bonchev–Trinajstić information content (AvgIpc) is 1.55. The first-order chi connectivity index (χ1) is 43.5. The van der Waals surface area contributed by atoms with E-state index in [0.717, 1.165) is 66.1 Å². The Kier molecular flexibility index (Phi) is 10.2. The van der Waals surface area contributed by atoms with Gasteiger partial charge in [0.1, 0.15) is 0 Å². The molecule has 6 heteroatoms. The van der Waals surface area contributed by atoms with Gasteiger partial charge in [0.15, 0.2) is 0 Å². The van der Waals surface area contributed by atoms with Gasteiger partial charge in [-0.1, -0.05) is 206 Å². The first-order valence-corrected chi connectivity index (χ1v) is 30.2. The van der Waals surface area contributed by atoms with Crippen LogP contribution in [-0.2, 0) is 0 Å². The lowest BCUT2D eigenvalue weighted by atomic mass is 9.98. The number of hydrogen-bond acceptors (Lipinski definition) is 4. The van der Waals surface area contributed by atoms with Crippen molar-refractivity contribution in [1.29, 1.82) is 0 Å². The van der Waals surface area contributed by atoms with Crippen LogP contribution in [0.25, 0.3) is 186 Å². The summed E-state index contributed by atoms with van der Waals surface area (Å²) in [6, 6.07) is 92.1. The van der Waals surface area contributed by atoms with Crippen LogP contribution in [0, 0.1) is 13.8 Å². The summed E-state index contributed by atoms with van der Waals surface area (Å²) < 4.78 is 4.87. The predicted octanol–water partition coefficient (Wildman–Crippen LogP) is 21.5. The SMILES string of the molecule is Cc1cc2c3ccccc3n3c4ccc(-c5ccc(-c6cnc7c8ccccc8c8ccccc8c7n6)cc5)cc4c(c1)c23.Cc1ccc2c(c1)c1cccc3c4cc(-c5ccc(-c6cnc7c8ccccc8c8ccccc8c7n6)cc5)ccc4n2c13. The third kappa shape index (κ3) is 7.05. The van der Waals surface area contributed by atoms with Crippen LogP contribution in [0.2, 0.25) is 0 Å². The van der Waals surface area contributed by atoms with Crippen molar-refractivity contribution in [2.75, 3.05) is 0 Å². The lowest BCUT2D eigenvalue weighted by Gasteiger charge is -2.10. The van der Waals surface area contributed by atoms with E-state index in [4.69, 9.17) is 19.9 Å². The van der Waals surface area contributed by atoms with Crippen molar-refractivity contribution in [3.63, 3.8) is 0 Å². The van der Waals surface area contributed by atoms with E-state index >= 15 is 0 Å². The Morgan fingerprint density at radius 3 is 1.05 bits per heavy atom. The molecule has 0 spiro atoms. The molecule has 6 nitrogen and oxygen atoms in total. The van der Waals surface area contributed by atoms with Gasteiger partial charge >= 0.3 is 0 Å². The Morgan fingerprint density at radius 1 is 0.227 bits per heavy atom. The summed E-state index contributed by atoms with van der Waals surface area (Å²) in [7, 11) is 0. The van der Waals surface area contributed by atoms with Crippen molar-refractivity contribution in [2.45, 2.75) is 13.8 Å². The van der Waals surface area contributed by atoms with Crippen molar-refractivity contribution in [3.05, 3.63) is 278 Å². The van der Waals surface area contributed by atoms with Gasteiger partial charge in [-0.15, -0.1) is 0 Å². The fourth-order valence-electron chi connectivity index (χ4n) is 14.8. The van der Waals surface area contributed by atoms with Crippen molar-refractivity contribution in [1.82, 2.24) is 28.7 Å². The molecule has 88 heavy (non-hydrogen) atoms. The van der Waals surface area contributed by atoms with Crippen LogP contribution in [0.3, 0.4) is 0 Å². The van der Waals surface area contributed by atoms with Crippen molar-refractivity contribution in [3.8, 4) is 44.8 Å². The van der Waals surface area contributed by atoms with Crippen LogP contribution in [0.15, 0.2) is 267 Å². The minimum Gasteiger partial charge on any atom is -0.308 e. The summed E-state index contributed by atoms with van der Waals surface area (Å²) >= 11 is 0. The molecule has 0 radical (unpaired) electrons. The second-order valence-electron chi connectivity index (χ2n) is 23.8. The zero-order valence-corrected chi connectivity index (χ0v) is 48.1. The number of para-hydroxylation sites is 2. The largest absolute Gasteiger partial charge is 0.308 e. The molecule has 0 aliphatic carbocycles. The van der Waals surface area contributed by atoms with Gasteiger partial charge in [0.2, 0.25) is 0 Å². The summed E-state index contributed by atoms with van der Waals surface area (Å²) in [6.07, 6.45) is 3.82. The van der Waals surface area contributed by atoms with Crippen LogP contribution in [0.5, 0.6) is 0 Å². The van der Waals surface area contributed by atoms with Gasteiger partial charge < -0.3 is 8.80 Å². The molecular weight excluding hydrogens is 1070 g/mol. The summed E-state index contributed by atoms with van der Waals surface area (Å²) in [5, 5.41) is 19.9. The number of benzene rings is 14. The fraction of sp³-hybridized carbons (Fsp3) is 0.0244. The standard InChI is InChI=1S/2C41H25N3/c1-24-20-34-30-10-6-7-13-37(30)44-38-19-18-27(22-33(38)35(21-24)41(34)44)25-14-16-26(17-15-25)36-23-42-39-31-11-4-2-8-28(31)29-9-3-5-12-32(29)40(39)43-36;1-24-13-19-37-34(21-24)32-11-6-12-33-35-22-27(18-20-38(35)44(37)41(32)33)25-14-16-26(17-15-25)36-23-42-39-30-9-4-2-7-28(30)29-8-3-5-10-31(29)40(39)43-36/h2*2-23H,1H3. The molecular formula is C82H50N6. The van der Waals surface area contributed by atoms with E-state index in [9.17, 15) is 0 Å². The van der Waals surface area contributed by atoms with E-state index in [1.54, 1.807) is 0 Å². The molecule has 0 unspecified atom stereocenters. The van der Waals surface area contributed by atoms with Crippen LogP contribution in [-0.4, -0.2) is 28.7 Å². The summed E-state index contributed by atoms with van der Waals surface area (Å²) in [5.74, 6) is 0. The average molecular weight is 1120 g/mol. The van der Waals surface area contributed by atoms with Gasteiger partial charge in [0, 0.05) is 75.8 Å². The molecule has 6 heterocycles. The molecule has 0 bridgehead atoms. The summed E-state index contributed by atoms with van der Waals surface area (Å²) in [4.78, 5) is 20.3. The lowest BCUT2D eigenvalue weighted by molar-refractivity contribution is 1.31. The number of hydrogen-bond donors (Lipinski definition) is 0. The predicted molar refractivity (Wildman–Crippen MR) is 370 cm³/mol. The van der Waals surface area contributed by atoms with Gasteiger partial charge in [0.25, 0.3) is 0 Å². The van der Waals surface area contributed by atoms with Crippen molar-refractivity contribution >= 4 is 141 Å². The van der Waals surface area contributed by atoms with Gasteiger partial charge in [-0.25, -0.2) is 9.97 Å². The Labute approximate surface area is 504 Å². The fourth-order valence-corrected chi connectivity index (χ4v) is 14.8. The molecule has 0 aliphatic heterocycles. The van der Waals surface area contributed by atoms with Crippen LogP contribution < -0.4 is 0 Å². The second-order valence-corrected chi connectivity index (χ2v) is 23.8. The molecule has 14 aromatic carbocycles. The van der Waals surface area contributed by atoms with E-state index < -0.39 is 0 Å². The number of aromatic nitrogens is 6. The summed E-state index contributed by atoms with van der Waals surface area (Å²) in [5.41, 5.74) is 22.7. The van der Waals surface area contributed by atoms with Gasteiger partial charge in [-0.2, -0.15) is 0 Å². The maximum Gasteiger partial charge on any atom is 0.0979 e. The molecule has 0 amide bonds. The number of aryl methyl sites for hydroxylation is 2. The maximum absolute atomic E-state index is 5.18. The quantitative estimate of drug-likeness (QED) is 0.165. The molecule has 20 aromatic rings. The first kappa shape index (κ1) is 48.7. The van der Waals surface area contributed by atoms with Crippen molar-refractivity contribution in [2.24, 2.45) is 0 Å². The zero-order chi connectivity index (χ0) is 57.9. The van der Waals surface area contributed by atoms with E-state index in [-0.39, 0.29) is 0 Å². The molecule has 0 atom stereocenters. The molecule has 0 N–H and O–H groups in total. The minimum absolute atomic E-state index is 0.881. The van der Waals surface area contributed by atoms with E-state index in [1.807, 2.05) is 12.4 Å². The third-order valence-corrected chi connectivity index (χ3v) is 18.8. The van der Waals surface area contributed by atoms with Gasteiger partial charge in [-0.3, -0.25) is 9.97 Å². The molecule has 20 rings (SSSR count). The highest BCUT2D eigenvalue weighted by Crippen LogP contribution is 2.44. The van der Waals surface area contributed by atoms with Crippen LogP contribution >= 0.6 is 0 Å².